The number of hydrogen-bond acceptors (Lipinski definition) is 4. The molecule has 1 aromatic heterocycles. The van der Waals surface area contributed by atoms with E-state index in [4.69, 9.17) is 5.73 Å². The molecule has 0 spiro atoms. The molecule has 0 saturated carbocycles. The van der Waals surface area contributed by atoms with E-state index in [1.165, 1.54) is 5.56 Å². The number of nitrogens with two attached hydrogens (primary N) is 1. The summed E-state index contributed by atoms with van der Waals surface area (Å²) < 4.78 is 0. The van der Waals surface area contributed by atoms with E-state index in [1.807, 2.05) is 12.4 Å². The van der Waals surface area contributed by atoms with E-state index in [0.29, 0.717) is 0 Å². The van der Waals surface area contributed by atoms with E-state index < -0.39 is 0 Å². The van der Waals surface area contributed by atoms with Crippen LogP contribution in [0.5, 0.6) is 0 Å². The molecule has 1 saturated heterocycles. The Kier molecular flexibility index (Phi) is 4.32. The molecule has 0 aliphatic carbocycles. The van der Waals surface area contributed by atoms with Crippen molar-refractivity contribution in [3.63, 3.8) is 0 Å². The standard InChI is InChI=1S/C14H24N4/c1-14(2,15)12-18-9-7-17(8-10-18)11-13-3-5-16-6-4-13/h3-6H,7-12,15H2,1-2H3. The van der Waals surface area contributed by atoms with E-state index in [2.05, 4.69) is 40.8 Å². The molecular formula is C14H24N4. The maximum Gasteiger partial charge on any atom is 0.0271 e. The van der Waals surface area contributed by atoms with Gasteiger partial charge in [0.25, 0.3) is 0 Å². The van der Waals surface area contributed by atoms with Gasteiger partial charge < -0.3 is 5.73 Å². The van der Waals surface area contributed by atoms with Crippen LogP contribution in [0, 0.1) is 0 Å². The highest BCUT2D eigenvalue weighted by Crippen LogP contribution is 2.09. The van der Waals surface area contributed by atoms with Crippen molar-refractivity contribution in [3.8, 4) is 0 Å². The summed E-state index contributed by atoms with van der Waals surface area (Å²) in [6, 6.07) is 4.19. The summed E-state index contributed by atoms with van der Waals surface area (Å²) in [6.07, 6.45) is 3.73. The van der Waals surface area contributed by atoms with Crippen molar-refractivity contribution in [2.24, 2.45) is 5.73 Å². The number of pyridine rings is 1. The Balaban J connectivity index is 1.77. The van der Waals surface area contributed by atoms with Crippen molar-refractivity contribution in [1.29, 1.82) is 0 Å². The van der Waals surface area contributed by atoms with Crippen molar-refractivity contribution in [1.82, 2.24) is 14.8 Å². The van der Waals surface area contributed by atoms with Crippen LogP contribution in [-0.2, 0) is 6.54 Å². The fourth-order valence-corrected chi connectivity index (χ4v) is 2.43. The molecule has 1 aromatic rings. The molecule has 2 heterocycles. The Hall–Kier alpha value is -0.970. The van der Waals surface area contributed by atoms with Crippen LogP contribution in [0.1, 0.15) is 19.4 Å². The van der Waals surface area contributed by atoms with Crippen LogP contribution in [0.25, 0.3) is 0 Å². The fraction of sp³-hybridized carbons (Fsp3) is 0.643. The van der Waals surface area contributed by atoms with Gasteiger partial charge in [-0.3, -0.25) is 14.8 Å². The van der Waals surface area contributed by atoms with Crippen LogP contribution in [0.3, 0.4) is 0 Å². The number of piperazine rings is 1. The number of rotatable bonds is 4. The third kappa shape index (κ3) is 4.37. The predicted octanol–water partition coefficient (Wildman–Crippen LogP) is 0.936. The van der Waals surface area contributed by atoms with Gasteiger partial charge in [0.15, 0.2) is 0 Å². The molecule has 0 bridgehead atoms. The van der Waals surface area contributed by atoms with Crippen molar-refractivity contribution in [3.05, 3.63) is 30.1 Å². The Morgan fingerprint density at radius 2 is 1.67 bits per heavy atom. The van der Waals surface area contributed by atoms with Crippen LogP contribution < -0.4 is 5.73 Å². The maximum atomic E-state index is 6.06. The van der Waals surface area contributed by atoms with Crippen LogP contribution in [-0.4, -0.2) is 53.0 Å². The molecule has 0 atom stereocenters. The third-order valence-electron chi connectivity index (χ3n) is 3.25. The first-order valence-electron chi connectivity index (χ1n) is 6.65. The number of hydrogen-bond donors (Lipinski definition) is 1. The minimum Gasteiger partial charge on any atom is -0.324 e. The second-order valence-electron chi connectivity index (χ2n) is 5.90. The minimum atomic E-state index is -0.0900. The Labute approximate surface area is 110 Å². The number of aromatic nitrogens is 1. The Morgan fingerprint density at radius 1 is 1.11 bits per heavy atom. The lowest BCUT2D eigenvalue weighted by Gasteiger charge is -2.37. The largest absolute Gasteiger partial charge is 0.324 e. The van der Waals surface area contributed by atoms with Gasteiger partial charge in [-0.1, -0.05) is 0 Å². The van der Waals surface area contributed by atoms with E-state index in [1.54, 1.807) is 0 Å². The monoisotopic (exact) mass is 248 g/mol. The Bertz CT molecular complexity index is 350. The lowest BCUT2D eigenvalue weighted by atomic mass is 10.1. The zero-order valence-corrected chi connectivity index (χ0v) is 11.5. The Morgan fingerprint density at radius 3 is 2.22 bits per heavy atom. The summed E-state index contributed by atoms with van der Waals surface area (Å²) in [6.45, 7) is 10.7. The summed E-state index contributed by atoms with van der Waals surface area (Å²) in [5.41, 5.74) is 7.32. The molecule has 18 heavy (non-hydrogen) atoms. The van der Waals surface area contributed by atoms with E-state index in [9.17, 15) is 0 Å². The van der Waals surface area contributed by atoms with Crippen molar-refractivity contribution in [2.75, 3.05) is 32.7 Å². The second-order valence-corrected chi connectivity index (χ2v) is 5.90. The molecule has 0 aromatic carbocycles. The first-order valence-corrected chi connectivity index (χ1v) is 6.65. The van der Waals surface area contributed by atoms with Crippen molar-refractivity contribution >= 4 is 0 Å². The highest BCUT2D eigenvalue weighted by Gasteiger charge is 2.21. The molecule has 4 nitrogen and oxygen atoms in total. The molecule has 2 rings (SSSR count). The molecule has 1 aliphatic rings. The molecule has 1 fully saturated rings. The highest BCUT2D eigenvalue weighted by atomic mass is 15.3. The highest BCUT2D eigenvalue weighted by molar-refractivity contribution is 5.09. The minimum absolute atomic E-state index is 0.0900. The summed E-state index contributed by atoms with van der Waals surface area (Å²) in [7, 11) is 0. The molecule has 4 heteroatoms. The SMILES string of the molecule is CC(C)(N)CN1CCN(Cc2ccncc2)CC1. The average Bonchev–Trinajstić information content (AvgIpc) is 2.31. The van der Waals surface area contributed by atoms with Crippen LogP contribution >= 0.6 is 0 Å². The first-order chi connectivity index (χ1) is 8.53. The molecule has 0 unspecified atom stereocenters. The van der Waals surface area contributed by atoms with Gasteiger partial charge in [0.2, 0.25) is 0 Å². The van der Waals surface area contributed by atoms with Gasteiger partial charge in [0.05, 0.1) is 0 Å². The van der Waals surface area contributed by atoms with E-state index >= 15 is 0 Å². The molecule has 2 N–H and O–H groups in total. The van der Waals surface area contributed by atoms with Crippen LogP contribution in [0.4, 0.5) is 0 Å². The van der Waals surface area contributed by atoms with Gasteiger partial charge in [-0.25, -0.2) is 0 Å². The van der Waals surface area contributed by atoms with Gasteiger partial charge in [-0.15, -0.1) is 0 Å². The van der Waals surface area contributed by atoms with Crippen molar-refractivity contribution < 1.29 is 0 Å². The van der Waals surface area contributed by atoms with E-state index in [0.717, 1.165) is 39.3 Å². The van der Waals surface area contributed by atoms with Gasteiger partial charge in [0, 0.05) is 57.2 Å². The van der Waals surface area contributed by atoms with Crippen LogP contribution in [0.2, 0.25) is 0 Å². The molecule has 0 amide bonds. The van der Waals surface area contributed by atoms with Gasteiger partial charge in [-0.05, 0) is 31.5 Å². The first kappa shape index (κ1) is 13.5. The van der Waals surface area contributed by atoms with Gasteiger partial charge in [0.1, 0.15) is 0 Å². The molecule has 0 radical (unpaired) electrons. The summed E-state index contributed by atoms with van der Waals surface area (Å²) in [4.78, 5) is 9.01. The third-order valence-corrected chi connectivity index (χ3v) is 3.25. The lowest BCUT2D eigenvalue weighted by molar-refractivity contribution is 0.112. The fourth-order valence-electron chi connectivity index (χ4n) is 2.43. The number of nitrogens with zero attached hydrogens (tertiary/aromatic N) is 3. The molecule has 1 aliphatic heterocycles. The van der Waals surface area contributed by atoms with Crippen LogP contribution in [0.15, 0.2) is 24.5 Å². The zero-order valence-electron chi connectivity index (χ0n) is 11.5. The molecular weight excluding hydrogens is 224 g/mol. The maximum absolute atomic E-state index is 6.06. The zero-order chi connectivity index (χ0) is 13.0. The van der Waals surface area contributed by atoms with Crippen molar-refractivity contribution in [2.45, 2.75) is 25.9 Å². The molecule has 100 valence electrons. The predicted molar refractivity (Wildman–Crippen MR) is 74.2 cm³/mol. The summed E-state index contributed by atoms with van der Waals surface area (Å²) >= 11 is 0. The second kappa shape index (κ2) is 5.78. The average molecular weight is 248 g/mol. The summed E-state index contributed by atoms with van der Waals surface area (Å²) in [5.74, 6) is 0. The van der Waals surface area contributed by atoms with Gasteiger partial charge in [-0.2, -0.15) is 0 Å². The van der Waals surface area contributed by atoms with Gasteiger partial charge >= 0.3 is 0 Å². The summed E-state index contributed by atoms with van der Waals surface area (Å²) in [5, 5.41) is 0. The smallest absolute Gasteiger partial charge is 0.0271 e. The quantitative estimate of drug-likeness (QED) is 0.861. The normalized spacial score (nSPS) is 19.1. The topological polar surface area (TPSA) is 45.4 Å². The lowest BCUT2D eigenvalue weighted by Crippen LogP contribution is -2.52. The van der Waals surface area contributed by atoms with E-state index in [-0.39, 0.29) is 5.54 Å².